The molecule has 2 aromatic rings. The lowest BCUT2D eigenvalue weighted by Crippen LogP contribution is -2.49. The van der Waals surface area contributed by atoms with E-state index in [1.165, 1.54) is 4.31 Å². The highest BCUT2D eigenvalue weighted by Gasteiger charge is 2.28. The van der Waals surface area contributed by atoms with Crippen LogP contribution < -0.4 is 4.74 Å². The summed E-state index contributed by atoms with van der Waals surface area (Å²) in [5.41, 5.74) is 0. The number of hydrogen-bond acceptors (Lipinski definition) is 5. The Morgan fingerprint density at radius 2 is 1.48 bits per heavy atom. The molecule has 3 rings (SSSR count). The third kappa shape index (κ3) is 4.38. The number of hydrogen-bond donors (Lipinski definition) is 1. The van der Waals surface area contributed by atoms with Crippen molar-refractivity contribution in [2.24, 2.45) is 0 Å². The molecule has 0 amide bonds. The summed E-state index contributed by atoms with van der Waals surface area (Å²) < 4.78 is 32.7. The second-order valence-electron chi connectivity index (χ2n) is 5.86. The second kappa shape index (κ2) is 7.97. The quantitative estimate of drug-likeness (QED) is 0.848. The summed E-state index contributed by atoms with van der Waals surface area (Å²) in [5.74, 6) is 1.30. The molecule has 1 fully saturated rings. The number of aliphatic hydroxyl groups excluding tert-OH is 1. The molecule has 0 atom stereocenters. The normalized spacial score (nSPS) is 16.7. The molecular formula is C18H22N2O4S. The van der Waals surface area contributed by atoms with Gasteiger partial charge in [0.25, 0.3) is 0 Å². The summed E-state index contributed by atoms with van der Waals surface area (Å²) in [6.45, 7) is 2.81. The maximum atomic E-state index is 12.7. The average Bonchev–Trinajstić information content (AvgIpc) is 2.64. The van der Waals surface area contributed by atoms with Crippen LogP contribution in [0.3, 0.4) is 0 Å². The van der Waals surface area contributed by atoms with Crippen LogP contribution >= 0.6 is 0 Å². The Kier molecular flexibility index (Phi) is 5.70. The van der Waals surface area contributed by atoms with Gasteiger partial charge in [-0.15, -0.1) is 0 Å². The van der Waals surface area contributed by atoms with Gasteiger partial charge in [0.05, 0.1) is 11.5 Å². The van der Waals surface area contributed by atoms with Gasteiger partial charge in [-0.2, -0.15) is 4.31 Å². The molecule has 0 bridgehead atoms. The molecule has 25 heavy (non-hydrogen) atoms. The van der Waals surface area contributed by atoms with Crippen LogP contribution in [0, 0.1) is 0 Å². The highest BCUT2D eigenvalue weighted by molar-refractivity contribution is 7.89. The van der Waals surface area contributed by atoms with Gasteiger partial charge in [-0.1, -0.05) is 18.2 Å². The fourth-order valence-corrected chi connectivity index (χ4v) is 4.21. The molecule has 1 aliphatic heterocycles. The first-order valence-corrected chi connectivity index (χ1v) is 9.70. The first kappa shape index (κ1) is 17.9. The zero-order valence-corrected chi connectivity index (χ0v) is 14.7. The minimum atomic E-state index is -3.50. The smallest absolute Gasteiger partial charge is 0.243 e. The van der Waals surface area contributed by atoms with E-state index in [1.807, 2.05) is 30.3 Å². The van der Waals surface area contributed by atoms with E-state index < -0.39 is 10.0 Å². The molecule has 2 aromatic carbocycles. The van der Waals surface area contributed by atoms with Crippen LogP contribution in [-0.2, 0) is 10.0 Å². The van der Waals surface area contributed by atoms with Crippen LogP contribution in [0.5, 0.6) is 11.5 Å². The van der Waals surface area contributed by atoms with Gasteiger partial charge < -0.3 is 9.84 Å². The Labute approximate surface area is 148 Å². The van der Waals surface area contributed by atoms with Crippen molar-refractivity contribution < 1.29 is 18.3 Å². The van der Waals surface area contributed by atoms with E-state index in [1.54, 1.807) is 24.3 Å². The summed E-state index contributed by atoms with van der Waals surface area (Å²) in [5, 5.41) is 8.97. The minimum Gasteiger partial charge on any atom is -0.457 e. The molecule has 1 heterocycles. The van der Waals surface area contributed by atoms with Crippen LogP contribution in [0.4, 0.5) is 0 Å². The Balaban J connectivity index is 1.67. The molecule has 0 aromatic heterocycles. The second-order valence-corrected chi connectivity index (χ2v) is 7.79. The average molecular weight is 362 g/mol. The van der Waals surface area contributed by atoms with Crippen molar-refractivity contribution >= 4 is 10.0 Å². The predicted octanol–water partition coefficient (Wildman–Crippen LogP) is 1.78. The Hall–Kier alpha value is -1.93. The molecule has 1 saturated heterocycles. The number of ether oxygens (including phenoxy) is 1. The highest BCUT2D eigenvalue weighted by Crippen LogP contribution is 2.24. The fraction of sp³-hybridized carbons (Fsp3) is 0.333. The topological polar surface area (TPSA) is 70.1 Å². The van der Waals surface area contributed by atoms with Crippen molar-refractivity contribution in [2.45, 2.75) is 4.90 Å². The first-order chi connectivity index (χ1) is 12.1. The van der Waals surface area contributed by atoms with Crippen molar-refractivity contribution in [3.63, 3.8) is 0 Å². The molecule has 0 unspecified atom stereocenters. The summed E-state index contributed by atoms with van der Waals surface area (Å²) in [6.07, 6.45) is 0. The zero-order chi connectivity index (χ0) is 17.7. The summed E-state index contributed by atoms with van der Waals surface area (Å²) in [6, 6.07) is 15.8. The summed E-state index contributed by atoms with van der Waals surface area (Å²) in [7, 11) is -3.50. The van der Waals surface area contributed by atoms with E-state index in [0.29, 0.717) is 44.2 Å². The SMILES string of the molecule is O=S(=O)(c1ccc(Oc2ccccc2)cc1)N1CCN(CCO)CC1. The fourth-order valence-electron chi connectivity index (χ4n) is 2.79. The van der Waals surface area contributed by atoms with E-state index in [4.69, 9.17) is 9.84 Å². The van der Waals surface area contributed by atoms with Crippen molar-refractivity contribution in [1.82, 2.24) is 9.21 Å². The van der Waals surface area contributed by atoms with Crippen LogP contribution in [0.15, 0.2) is 59.5 Å². The van der Waals surface area contributed by atoms with E-state index in [-0.39, 0.29) is 11.5 Å². The number of β-amino-alcohol motifs (C(OH)–C–C–N with tert-alkyl or cyclic N) is 1. The van der Waals surface area contributed by atoms with Crippen molar-refractivity contribution in [3.8, 4) is 11.5 Å². The largest absolute Gasteiger partial charge is 0.457 e. The van der Waals surface area contributed by atoms with Gasteiger partial charge in [0.15, 0.2) is 0 Å². The van der Waals surface area contributed by atoms with Crippen molar-refractivity contribution in [3.05, 3.63) is 54.6 Å². The molecule has 1 N–H and O–H groups in total. The summed E-state index contributed by atoms with van der Waals surface area (Å²) >= 11 is 0. The number of benzene rings is 2. The van der Waals surface area contributed by atoms with Crippen LogP contribution in [0.1, 0.15) is 0 Å². The number of sulfonamides is 1. The van der Waals surface area contributed by atoms with E-state index >= 15 is 0 Å². The Morgan fingerprint density at radius 1 is 0.880 bits per heavy atom. The van der Waals surface area contributed by atoms with Crippen molar-refractivity contribution in [2.75, 3.05) is 39.3 Å². The molecule has 0 aliphatic carbocycles. The lowest BCUT2D eigenvalue weighted by molar-refractivity contribution is 0.151. The monoisotopic (exact) mass is 362 g/mol. The van der Waals surface area contributed by atoms with Crippen LogP contribution in [0.2, 0.25) is 0 Å². The zero-order valence-electron chi connectivity index (χ0n) is 13.9. The van der Waals surface area contributed by atoms with E-state index in [9.17, 15) is 8.42 Å². The van der Waals surface area contributed by atoms with Crippen LogP contribution in [-0.4, -0.2) is 62.1 Å². The standard InChI is InChI=1S/C18H22N2O4S/c21-15-14-19-10-12-20(13-11-19)25(22,23)18-8-6-17(7-9-18)24-16-4-2-1-3-5-16/h1-9,21H,10-15H2. The van der Waals surface area contributed by atoms with Crippen LogP contribution in [0.25, 0.3) is 0 Å². The van der Waals surface area contributed by atoms with E-state index in [2.05, 4.69) is 4.90 Å². The van der Waals surface area contributed by atoms with Gasteiger partial charge in [0.2, 0.25) is 10.0 Å². The van der Waals surface area contributed by atoms with Gasteiger partial charge >= 0.3 is 0 Å². The van der Waals surface area contributed by atoms with Crippen molar-refractivity contribution in [1.29, 1.82) is 0 Å². The molecule has 0 saturated carbocycles. The maximum Gasteiger partial charge on any atom is 0.243 e. The number of piperazine rings is 1. The number of nitrogens with zero attached hydrogens (tertiary/aromatic N) is 2. The molecule has 1 aliphatic rings. The molecule has 0 spiro atoms. The molecule has 134 valence electrons. The Bertz CT molecular complexity index is 770. The molecule has 7 heteroatoms. The first-order valence-electron chi connectivity index (χ1n) is 8.26. The Morgan fingerprint density at radius 3 is 2.08 bits per heavy atom. The number of rotatable bonds is 6. The highest BCUT2D eigenvalue weighted by atomic mass is 32.2. The van der Waals surface area contributed by atoms with E-state index in [0.717, 1.165) is 0 Å². The van der Waals surface area contributed by atoms with Gasteiger partial charge in [-0.05, 0) is 36.4 Å². The van der Waals surface area contributed by atoms with Gasteiger partial charge in [0.1, 0.15) is 11.5 Å². The minimum absolute atomic E-state index is 0.0929. The third-order valence-electron chi connectivity index (χ3n) is 4.19. The maximum absolute atomic E-state index is 12.7. The van der Waals surface area contributed by atoms with Gasteiger partial charge in [-0.3, -0.25) is 4.90 Å². The van der Waals surface area contributed by atoms with Gasteiger partial charge in [0, 0.05) is 32.7 Å². The molecular weight excluding hydrogens is 340 g/mol. The molecule has 0 radical (unpaired) electrons. The number of para-hydroxylation sites is 1. The lowest BCUT2D eigenvalue weighted by atomic mass is 10.3. The lowest BCUT2D eigenvalue weighted by Gasteiger charge is -2.33. The predicted molar refractivity (Wildman–Crippen MR) is 95.2 cm³/mol. The van der Waals surface area contributed by atoms with Gasteiger partial charge in [-0.25, -0.2) is 8.42 Å². The third-order valence-corrected chi connectivity index (χ3v) is 6.10. The molecule has 6 nitrogen and oxygen atoms in total. The summed E-state index contributed by atoms with van der Waals surface area (Å²) in [4.78, 5) is 2.33. The number of aliphatic hydroxyl groups is 1.